The number of hydrogen-bond donors (Lipinski definition) is 12. The molecule has 13 N–H and O–H groups in total. The molecule has 1 aromatic heterocycles. The van der Waals surface area contributed by atoms with Crippen molar-refractivity contribution in [3.05, 3.63) is 30.1 Å². The third kappa shape index (κ3) is 26.3. The lowest BCUT2D eigenvalue weighted by atomic mass is 10.0. The molecule has 404 valence electrons. The monoisotopic (exact) mass is 1040 g/mol. The largest absolute Gasteiger partial charge is 0.394 e. The number of aliphatic hydroxyl groups excluding tert-OH is 1. The quantitative estimate of drug-likeness (QED) is 0.0306. The Kier molecular flexibility index (Phi) is 30.3. The topological polar surface area (TPSA) is 370 Å². The molecular formula is C46H77N13O12S. The number of aliphatic hydroxyl groups is 1. The molecule has 0 aliphatic carbocycles. The van der Waals surface area contributed by atoms with E-state index in [9.17, 15) is 57.8 Å². The number of pyridine rings is 1. The molecule has 72 heavy (non-hydrogen) atoms. The minimum absolute atomic E-state index is 0.0642. The van der Waals surface area contributed by atoms with Crippen LogP contribution in [0.2, 0.25) is 0 Å². The van der Waals surface area contributed by atoms with Gasteiger partial charge in [-0.2, -0.15) is 0 Å². The smallest absolute Gasteiger partial charge is 0.245 e. The van der Waals surface area contributed by atoms with Crippen LogP contribution < -0.4 is 58.9 Å². The van der Waals surface area contributed by atoms with Gasteiger partial charge in [0.05, 0.1) is 44.6 Å². The zero-order valence-corrected chi connectivity index (χ0v) is 43.6. The number of rotatable bonds is 35. The summed E-state index contributed by atoms with van der Waals surface area (Å²) >= 11 is 0.948. The number of Topliss-reactive ketones (excluding diaryl/α,β-unsaturated/α-hetero) is 1. The molecule has 0 radical (unpaired) electrons. The lowest BCUT2D eigenvalue weighted by Crippen LogP contribution is -2.56. The second-order valence-electron chi connectivity index (χ2n) is 18.1. The zero-order chi connectivity index (χ0) is 54.5. The molecule has 4 unspecified atom stereocenters. The van der Waals surface area contributed by atoms with Gasteiger partial charge in [-0.15, -0.1) is 11.8 Å². The van der Waals surface area contributed by atoms with E-state index in [0.29, 0.717) is 12.1 Å². The van der Waals surface area contributed by atoms with Gasteiger partial charge in [-0.1, -0.05) is 47.6 Å². The van der Waals surface area contributed by atoms with Crippen molar-refractivity contribution in [2.24, 2.45) is 17.6 Å². The lowest BCUT2D eigenvalue weighted by Gasteiger charge is -2.31. The molecule has 0 aliphatic rings. The van der Waals surface area contributed by atoms with Crippen LogP contribution in [0.4, 0.5) is 0 Å². The van der Waals surface area contributed by atoms with Crippen molar-refractivity contribution >= 4 is 76.6 Å². The normalized spacial score (nSPS) is 13.6. The van der Waals surface area contributed by atoms with Crippen molar-refractivity contribution < 1.29 is 57.8 Å². The molecule has 6 atom stereocenters. The Morgan fingerprint density at radius 2 is 1.26 bits per heavy atom. The summed E-state index contributed by atoms with van der Waals surface area (Å²) < 4.78 is 0. The first-order valence-electron chi connectivity index (χ1n) is 23.7. The Balaban J connectivity index is 2.80. The van der Waals surface area contributed by atoms with Crippen LogP contribution in [0, 0.1) is 11.8 Å². The van der Waals surface area contributed by atoms with E-state index >= 15 is 0 Å². The van der Waals surface area contributed by atoms with Crippen molar-refractivity contribution in [3.63, 3.8) is 0 Å². The molecule has 25 nitrogen and oxygen atoms in total. The second-order valence-corrected chi connectivity index (χ2v) is 19.1. The van der Waals surface area contributed by atoms with Gasteiger partial charge in [-0.05, 0) is 43.9 Å². The number of likely N-dealkylation sites (N-methyl/N-ethyl adjacent to an activating group) is 2. The third-order valence-electron chi connectivity index (χ3n) is 10.7. The van der Waals surface area contributed by atoms with Gasteiger partial charge in [0.25, 0.3) is 0 Å². The van der Waals surface area contributed by atoms with Gasteiger partial charge in [0.15, 0.2) is 5.78 Å². The fourth-order valence-corrected chi connectivity index (χ4v) is 7.32. The van der Waals surface area contributed by atoms with Crippen LogP contribution in [0.5, 0.6) is 0 Å². The number of amides is 10. The molecule has 0 saturated carbocycles. The van der Waals surface area contributed by atoms with E-state index in [4.69, 9.17) is 5.73 Å². The summed E-state index contributed by atoms with van der Waals surface area (Å²) in [6.45, 7) is 10.9. The second kappa shape index (κ2) is 34.2. The van der Waals surface area contributed by atoms with Crippen molar-refractivity contribution in [2.75, 3.05) is 64.9 Å². The number of thioether (sulfide) groups is 1. The average Bonchev–Trinajstić information content (AvgIpc) is 3.32. The molecule has 1 rings (SSSR count). The maximum atomic E-state index is 13.3. The SMILES string of the molecule is CNC(CO)C(=O)NC(CSCC(=O)NCC(=O)N[C@@H](Cc1cccnc1)C(=O)NCC(=O)NCC(=O)NC(CC(C)C)C(=O)NCC(=O)NC(C(=O)N(C)[C@@H](C)CNC(C)C)C(C)C)C(=O)CCC(N)=O. The van der Waals surface area contributed by atoms with Gasteiger partial charge in [0, 0.05) is 63.1 Å². The van der Waals surface area contributed by atoms with E-state index in [1.165, 1.54) is 19.4 Å². The van der Waals surface area contributed by atoms with Gasteiger partial charge < -0.3 is 68.9 Å². The number of hydrogen-bond acceptors (Lipinski definition) is 16. The summed E-state index contributed by atoms with van der Waals surface area (Å²) in [5.41, 5.74) is 5.69. The van der Waals surface area contributed by atoms with E-state index in [-0.39, 0.29) is 67.0 Å². The summed E-state index contributed by atoms with van der Waals surface area (Å²) in [7, 11) is 3.10. The molecule has 10 amide bonds. The Morgan fingerprint density at radius 1 is 0.694 bits per heavy atom. The number of nitrogens with two attached hydrogens (primary N) is 1. The number of carbonyl (C=O) groups excluding carboxylic acids is 11. The molecule has 0 saturated heterocycles. The highest BCUT2D eigenvalue weighted by Crippen LogP contribution is 2.10. The molecule has 26 heteroatoms. The van der Waals surface area contributed by atoms with E-state index in [2.05, 4.69) is 58.2 Å². The number of ketones is 1. The Hall–Kier alpha value is -6.25. The lowest BCUT2D eigenvalue weighted by molar-refractivity contribution is -0.138. The van der Waals surface area contributed by atoms with Crippen LogP contribution >= 0.6 is 11.8 Å². The molecule has 0 fully saturated rings. The van der Waals surface area contributed by atoms with Crippen LogP contribution in [0.15, 0.2) is 24.5 Å². The van der Waals surface area contributed by atoms with Crippen molar-refractivity contribution in [1.29, 1.82) is 0 Å². The highest BCUT2D eigenvalue weighted by atomic mass is 32.2. The first-order chi connectivity index (χ1) is 33.9. The maximum absolute atomic E-state index is 13.3. The van der Waals surface area contributed by atoms with Gasteiger partial charge in [-0.3, -0.25) is 57.7 Å². The summed E-state index contributed by atoms with van der Waals surface area (Å²) in [5.74, 6) is -7.86. The first-order valence-corrected chi connectivity index (χ1v) is 24.9. The third-order valence-corrected chi connectivity index (χ3v) is 11.7. The minimum Gasteiger partial charge on any atom is -0.394 e. The number of aromatic nitrogens is 1. The maximum Gasteiger partial charge on any atom is 0.245 e. The van der Waals surface area contributed by atoms with E-state index in [1.807, 2.05) is 34.6 Å². The number of nitrogens with zero attached hydrogens (tertiary/aromatic N) is 2. The predicted molar refractivity (Wildman–Crippen MR) is 268 cm³/mol. The molecule has 0 aliphatic heterocycles. The predicted octanol–water partition coefficient (Wildman–Crippen LogP) is -4.28. The Bertz CT molecular complexity index is 1970. The van der Waals surface area contributed by atoms with Crippen LogP contribution in [0.25, 0.3) is 0 Å². The van der Waals surface area contributed by atoms with E-state index in [0.717, 1.165) is 11.8 Å². The van der Waals surface area contributed by atoms with Gasteiger partial charge in [0.2, 0.25) is 59.1 Å². The van der Waals surface area contributed by atoms with E-state index < -0.39 is 122 Å². The van der Waals surface area contributed by atoms with Gasteiger partial charge in [0.1, 0.15) is 24.2 Å². The van der Waals surface area contributed by atoms with Crippen LogP contribution in [0.1, 0.15) is 73.3 Å². The zero-order valence-electron chi connectivity index (χ0n) is 42.8. The number of carbonyl (C=O) groups is 11. The summed E-state index contributed by atoms with van der Waals surface area (Å²) in [6, 6.07) is -1.99. The highest BCUT2D eigenvalue weighted by Gasteiger charge is 2.31. The fraction of sp³-hybridized carbons (Fsp3) is 0.652. The Morgan fingerprint density at radius 3 is 1.81 bits per heavy atom. The van der Waals surface area contributed by atoms with E-state index in [1.54, 1.807) is 37.9 Å². The summed E-state index contributed by atoms with van der Waals surface area (Å²) in [4.78, 5) is 146. The van der Waals surface area contributed by atoms with Gasteiger partial charge >= 0.3 is 0 Å². The van der Waals surface area contributed by atoms with Crippen molar-refractivity contribution in [3.8, 4) is 0 Å². The summed E-state index contributed by atoms with van der Waals surface area (Å²) in [5, 5.41) is 35.3. The fourth-order valence-electron chi connectivity index (χ4n) is 6.41. The molecular weight excluding hydrogens is 959 g/mol. The highest BCUT2D eigenvalue weighted by molar-refractivity contribution is 8.00. The van der Waals surface area contributed by atoms with Crippen molar-refractivity contribution in [1.82, 2.24) is 63.1 Å². The van der Waals surface area contributed by atoms with Crippen LogP contribution in [-0.4, -0.2) is 187 Å². The van der Waals surface area contributed by atoms with Crippen LogP contribution in [-0.2, 0) is 59.2 Å². The standard InChI is InChI=1S/C46H77N13O12S/c1-26(2)15-31(43(68)54-22-40(66)58-42(27(3)4)46(71)59(9)29(7)17-50-28(5)6)55-38(64)20-51-37(63)19-53-44(69)32(16-30-11-10-14-49-18-30)56-39(65)21-52-41(67)25-72-24-34(35(61)12-13-36(47)62)57-45(70)33(23-60)48-8/h10-11,14,18,26-29,31-34,42,48,50,60H,12-13,15-17,19-25H2,1-9H3,(H2,47,62)(H,51,63)(H,52,67)(H,53,69)(H,54,68)(H,55,64)(H,56,65)(H,57,70)(H,58,66)/t29-,31?,32-,33?,34?,42?/m0/s1. The number of nitrogens with one attached hydrogen (secondary N) is 10. The number of primary amides is 1. The molecule has 0 spiro atoms. The molecule has 1 aromatic rings. The first kappa shape index (κ1) is 63.8. The van der Waals surface area contributed by atoms with Crippen molar-refractivity contribution in [2.45, 2.75) is 116 Å². The molecule has 0 aromatic carbocycles. The molecule has 0 bridgehead atoms. The Labute approximate surface area is 425 Å². The molecule has 1 heterocycles. The summed E-state index contributed by atoms with van der Waals surface area (Å²) in [6.07, 6.45) is 2.57. The minimum atomic E-state index is -1.25. The van der Waals surface area contributed by atoms with Gasteiger partial charge in [-0.25, -0.2) is 0 Å². The average molecular weight is 1040 g/mol. The van der Waals surface area contributed by atoms with Crippen LogP contribution in [0.3, 0.4) is 0 Å².